The summed E-state index contributed by atoms with van der Waals surface area (Å²) in [5.41, 5.74) is 2.69. The smallest absolute Gasteiger partial charge is 0.0299 e. The molecule has 0 saturated carbocycles. The highest BCUT2D eigenvalue weighted by Gasteiger charge is 2.00. The lowest BCUT2D eigenvalue weighted by Gasteiger charge is -2.06. The first kappa shape index (κ1) is 7.26. The van der Waals surface area contributed by atoms with Gasteiger partial charge in [-0.3, -0.25) is 4.98 Å². The van der Waals surface area contributed by atoms with Crippen molar-refractivity contribution in [1.82, 2.24) is 4.98 Å². The highest BCUT2D eigenvalue weighted by atomic mass is 14.6. The molecule has 0 aromatic carbocycles. The SMILES string of the molecule is Cc1cnccc1C(C)C. The zero-order valence-electron chi connectivity index (χ0n) is 6.76. The molecule has 0 aliphatic heterocycles. The number of nitrogens with zero attached hydrogens (tertiary/aromatic N) is 1. The molecule has 0 radical (unpaired) electrons. The van der Waals surface area contributed by atoms with Gasteiger partial charge in [0.1, 0.15) is 0 Å². The first-order valence-corrected chi connectivity index (χ1v) is 3.62. The van der Waals surface area contributed by atoms with Crippen molar-refractivity contribution in [3.8, 4) is 0 Å². The van der Waals surface area contributed by atoms with Gasteiger partial charge in [-0.2, -0.15) is 0 Å². The van der Waals surface area contributed by atoms with E-state index in [-0.39, 0.29) is 0 Å². The van der Waals surface area contributed by atoms with E-state index < -0.39 is 0 Å². The second kappa shape index (κ2) is 2.82. The normalized spacial score (nSPS) is 10.4. The average molecular weight is 135 g/mol. The Labute approximate surface area is 62.1 Å². The number of hydrogen-bond donors (Lipinski definition) is 0. The van der Waals surface area contributed by atoms with Crippen LogP contribution in [0.1, 0.15) is 30.9 Å². The van der Waals surface area contributed by atoms with E-state index in [1.165, 1.54) is 11.1 Å². The van der Waals surface area contributed by atoms with Crippen molar-refractivity contribution >= 4 is 0 Å². The highest BCUT2D eigenvalue weighted by molar-refractivity contribution is 5.24. The van der Waals surface area contributed by atoms with E-state index in [1.54, 1.807) is 0 Å². The topological polar surface area (TPSA) is 12.9 Å². The van der Waals surface area contributed by atoms with Crippen molar-refractivity contribution in [2.75, 3.05) is 0 Å². The molecule has 0 atom stereocenters. The van der Waals surface area contributed by atoms with Crippen LogP contribution in [0, 0.1) is 6.92 Å². The Morgan fingerprint density at radius 1 is 1.40 bits per heavy atom. The van der Waals surface area contributed by atoms with Crippen molar-refractivity contribution < 1.29 is 0 Å². The van der Waals surface area contributed by atoms with Crippen LogP contribution in [0.3, 0.4) is 0 Å². The molecule has 1 aromatic rings. The fraction of sp³-hybridized carbons (Fsp3) is 0.444. The summed E-state index contributed by atoms with van der Waals surface area (Å²) in [6.07, 6.45) is 3.76. The molecule has 1 aromatic heterocycles. The van der Waals surface area contributed by atoms with Gasteiger partial charge in [0.25, 0.3) is 0 Å². The van der Waals surface area contributed by atoms with Crippen molar-refractivity contribution in [3.63, 3.8) is 0 Å². The largest absolute Gasteiger partial charge is 0.264 e. The molecule has 1 nitrogen and oxygen atoms in total. The number of aryl methyl sites for hydroxylation is 1. The standard InChI is InChI=1S/C9H13N/c1-7(2)9-4-5-10-6-8(9)3/h4-7H,1-3H3. The van der Waals surface area contributed by atoms with Gasteiger partial charge in [0.15, 0.2) is 0 Å². The fourth-order valence-corrected chi connectivity index (χ4v) is 1.13. The lowest BCUT2D eigenvalue weighted by Crippen LogP contribution is -1.91. The Morgan fingerprint density at radius 2 is 2.10 bits per heavy atom. The Hall–Kier alpha value is -0.850. The zero-order chi connectivity index (χ0) is 7.56. The predicted octanol–water partition coefficient (Wildman–Crippen LogP) is 2.51. The maximum absolute atomic E-state index is 4.03. The van der Waals surface area contributed by atoms with E-state index >= 15 is 0 Å². The van der Waals surface area contributed by atoms with Gasteiger partial charge < -0.3 is 0 Å². The molecule has 1 heterocycles. The summed E-state index contributed by atoms with van der Waals surface area (Å²) in [4.78, 5) is 4.03. The monoisotopic (exact) mass is 135 g/mol. The predicted molar refractivity (Wildman–Crippen MR) is 43.1 cm³/mol. The Balaban J connectivity index is 3.03. The summed E-state index contributed by atoms with van der Waals surface area (Å²) in [6.45, 7) is 6.49. The fourth-order valence-electron chi connectivity index (χ4n) is 1.13. The van der Waals surface area contributed by atoms with Gasteiger partial charge in [-0.15, -0.1) is 0 Å². The van der Waals surface area contributed by atoms with E-state index in [1.807, 2.05) is 12.4 Å². The minimum atomic E-state index is 0.614. The van der Waals surface area contributed by atoms with Crippen molar-refractivity contribution in [2.45, 2.75) is 26.7 Å². The van der Waals surface area contributed by atoms with Gasteiger partial charge >= 0.3 is 0 Å². The van der Waals surface area contributed by atoms with E-state index in [0.29, 0.717) is 5.92 Å². The van der Waals surface area contributed by atoms with Crippen LogP contribution >= 0.6 is 0 Å². The molecule has 1 rings (SSSR count). The molecule has 54 valence electrons. The number of rotatable bonds is 1. The summed E-state index contributed by atoms with van der Waals surface area (Å²) in [6, 6.07) is 2.08. The summed E-state index contributed by atoms with van der Waals surface area (Å²) in [7, 11) is 0. The summed E-state index contributed by atoms with van der Waals surface area (Å²) < 4.78 is 0. The third-order valence-corrected chi connectivity index (χ3v) is 1.69. The van der Waals surface area contributed by atoms with Gasteiger partial charge in [-0.1, -0.05) is 13.8 Å². The first-order chi connectivity index (χ1) is 4.72. The molecule has 0 aliphatic carbocycles. The van der Waals surface area contributed by atoms with Crippen LogP contribution in [0.25, 0.3) is 0 Å². The molecule has 0 unspecified atom stereocenters. The third-order valence-electron chi connectivity index (χ3n) is 1.69. The number of pyridine rings is 1. The maximum atomic E-state index is 4.03. The van der Waals surface area contributed by atoms with E-state index in [4.69, 9.17) is 0 Å². The van der Waals surface area contributed by atoms with Crippen LogP contribution in [-0.4, -0.2) is 4.98 Å². The van der Waals surface area contributed by atoms with Crippen molar-refractivity contribution in [2.24, 2.45) is 0 Å². The van der Waals surface area contributed by atoms with Crippen LogP contribution in [0.4, 0.5) is 0 Å². The van der Waals surface area contributed by atoms with Crippen LogP contribution in [0.5, 0.6) is 0 Å². The maximum Gasteiger partial charge on any atom is 0.0299 e. The summed E-state index contributed by atoms with van der Waals surface area (Å²) >= 11 is 0. The Morgan fingerprint density at radius 3 is 2.50 bits per heavy atom. The lowest BCUT2D eigenvalue weighted by atomic mass is 10.0. The second-order valence-electron chi connectivity index (χ2n) is 2.89. The molecular weight excluding hydrogens is 122 g/mol. The van der Waals surface area contributed by atoms with Gasteiger partial charge in [0, 0.05) is 12.4 Å². The van der Waals surface area contributed by atoms with Gasteiger partial charge in [-0.05, 0) is 30.0 Å². The minimum Gasteiger partial charge on any atom is -0.264 e. The van der Waals surface area contributed by atoms with Crippen LogP contribution in [0.2, 0.25) is 0 Å². The van der Waals surface area contributed by atoms with Gasteiger partial charge in [0.2, 0.25) is 0 Å². The summed E-state index contributed by atoms with van der Waals surface area (Å²) in [5, 5.41) is 0. The van der Waals surface area contributed by atoms with Crippen LogP contribution in [0.15, 0.2) is 18.5 Å². The first-order valence-electron chi connectivity index (χ1n) is 3.62. The van der Waals surface area contributed by atoms with E-state index in [0.717, 1.165) is 0 Å². The Bertz CT molecular complexity index is 216. The summed E-state index contributed by atoms with van der Waals surface area (Å²) in [5.74, 6) is 0.614. The van der Waals surface area contributed by atoms with Crippen LogP contribution < -0.4 is 0 Å². The quantitative estimate of drug-likeness (QED) is 0.576. The molecule has 0 amide bonds. The van der Waals surface area contributed by atoms with Gasteiger partial charge in [0.05, 0.1) is 0 Å². The zero-order valence-corrected chi connectivity index (χ0v) is 6.76. The molecule has 0 N–H and O–H groups in total. The third kappa shape index (κ3) is 1.35. The molecule has 10 heavy (non-hydrogen) atoms. The van der Waals surface area contributed by atoms with E-state index in [2.05, 4.69) is 31.8 Å². The molecule has 1 heteroatoms. The second-order valence-corrected chi connectivity index (χ2v) is 2.89. The molecule has 0 saturated heterocycles. The average Bonchev–Trinajstić information content (AvgIpc) is 1.88. The molecule has 0 aliphatic rings. The van der Waals surface area contributed by atoms with Crippen LogP contribution in [-0.2, 0) is 0 Å². The number of hydrogen-bond acceptors (Lipinski definition) is 1. The van der Waals surface area contributed by atoms with Gasteiger partial charge in [-0.25, -0.2) is 0 Å². The minimum absolute atomic E-state index is 0.614. The highest BCUT2D eigenvalue weighted by Crippen LogP contribution is 2.16. The molecule has 0 fully saturated rings. The molecular formula is C9H13N. The molecule has 0 spiro atoms. The van der Waals surface area contributed by atoms with E-state index in [9.17, 15) is 0 Å². The number of aromatic nitrogens is 1. The van der Waals surface area contributed by atoms with Crippen molar-refractivity contribution in [3.05, 3.63) is 29.6 Å². The lowest BCUT2D eigenvalue weighted by molar-refractivity contribution is 0.852. The Kier molecular flexibility index (Phi) is 2.05. The molecule has 0 bridgehead atoms. The van der Waals surface area contributed by atoms with Crippen molar-refractivity contribution in [1.29, 1.82) is 0 Å².